The van der Waals surface area contributed by atoms with Crippen LogP contribution in [0, 0.1) is 5.92 Å². The number of rotatable bonds is 2. The Morgan fingerprint density at radius 2 is 2.24 bits per heavy atom. The van der Waals surface area contributed by atoms with Crippen LogP contribution in [0.5, 0.6) is 0 Å². The number of hydrogen-bond donors (Lipinski definition) is 2. The van der Waals surface area contributed by atoms with Gasteiger partial charge in [-0.15, -0.1) is 0 Å². The van der Waals surface area contributed by atoms with Crippen molar-refractivity contribution < 1.29 is 9.59 Å². The fraction of sp³-hybridized carbons (Fsp3) is 0.500. The number of carbonyl (C=O) groups is 2. The van der Waals surface area contributed by atoms with Gasteiger partial charge in [0.2, 0.25) is 11.8 Å². The van der Waals surface area contributed by atoms with Gasteiger partial charge in [0.15, 0.2) is 0 Å². The minimum absolute atomic E-state index is 0.0117. The van der Waals surface area contributed by atoms with E-state index in [0.29, 0.717) is 13.0 Å². The van der Waals surface area contributed by atoms with Crippen LogP contribution >= 0.6 is 0 Å². The molecule has 1 aliphatic carbocycles. The van der Waals surface area contributed by atoms with E-state index in [4.69, 9.17) is 5.73 Å². The van der Waals surface area contributed by atoms with Crippen LogP contribution in [-0.2, 0) is 16.0 Å². The zero-order chi connectivity index (χ0) is 15.0. The van der Waals surface area contributed by atoms with Gasteiger partial charge in [-0.05, 0) is 42.5 Å². The first-order chi connectivity index (χ1) is 10.0. The molecular formula is C16H21N3O2. The Bertz CT molecular complexity index is 585. The molecule has 21 heavy (non-hydrogen) atoms. The lowest BCUT2D eigenvalue weighted by Crippen LogP contribution is -2.36. The van der Waals surface area contributed by atoms with Crippen LogP contribution in [0.4, 0.5) is 5.69 Å². The van der Waals surface area contributed by atoms with Gasteiger partial charge in [-0.25, -0.2) is 0 Å². The van der Waals surface area contributed by atoms with Crippen LogP contribution in [0.3, 0.4) is 0 Å². The molecule has 1 aromatic rings. The molecule has 5 nitrogen and oxygen atoms in total. The van der Waals surface area contributed by atoms with Crippen molar-refractivity contribution in [2.45, 2.75) is 31.7 Å². The molecule has 2 aliphatic rings. The Morgan fingerprint density at radius 3 is 2.95 bits per heavy atom. The number of nitrogens with two attached hydrogens (primary N) is 1. The first kappa shape index (κ1) is 13.9. The van der Waals surface area contributed by atoms with Crippen molar-refractivity contribution >= 4 is 17.5 Å². The number of carbonyl (C=O) groups excluding carboxylic acids is 2. The Labute approximate surface area is 124 Å². The summed E-state index contributed by atoms with van der Waals surface area (Å²) in [5, 5.41) is 3.12. The summed E-state index contributed by atoms with van der Waals surface area (Å²) in [5.74, 6) is -0.184. The largest absolute Gasteiger partial charge is 0.399 e. The second-order valence-electron chi connectivity index (χ2n) is 6.09. The molecule has 5 heteroatoms. The zero-order valence-corrected chi connectivity index (χ0v) is 12.3. The molecule has 1 saturated heterocycles. The number of benzene rings is 1. The van der Waals surface area contributed by atoms with E-state index in [1.54, 1.807) is 11.9 Å². The van der Waals surface area contributed by atoms with Crippen LogP contribution < -0.4 is 11.1 Å². The minimum Gasteiger partial charge on any atom is -0.399 e. The van der Waals surface area contributed by atoms with Crippen LogP contribution in [-0.4, -0.2) is 30.3 Å². The van der Waals surface area contributed by atoms with E-state index < -0.39 is 0 Å². The topological polar surface area (TPSA) is 75.4 Å². The molecule has 112 valence electrons. The van der Waals surface area contributed by atoms with Gasteiger partial charge < -0.3 is 16.0 Å². The zero-order valence-electron chi connectivity index (χ0n) is 12.3. The lowest BCUT2D eigenvalue weighted by atomic mass is 9.87. The molecule has 2 atom stereocenters. The Hall–Kier alpha value is -2.04. The molecule has 3 rings (SSSR count). The molecule has 0 radical (unpaired) electrons. The summed E-state index contributed by atoms with van der Waals surface area (Å²) in [6, 6.07) is 5.94. The highest BCUT2D eigenvalue weighted by molar-refractivity contribution is 5.89. The lowest BCUT2D eigenvalue weighted by molar-refractivity contribution is -0.128. The molecule has 2 unspecified atom stereocenters. The molecule has 1 fully saturated rings. The van der Waals surface area contributed by atoms with Gasteiger partial charge in [-0.2, -0.15) is 0 Å². The minimum atomic E-state index is -0.221. The fourth-order valence-corrected chi connectivity index (χ4v) is 3.31. The SMILES string of the molecule is CN1CC(C(=O)NC2CCCc3cc(N)ccc32)CC1=O. The van der Waals surface area contributed by atoms with Gasteiger partial charge in [-0.3, -0.25) is 9.59 Å². The summed E-state index contributed by atoms with van der Waals surface area (Å²) in [6.45, 7) is 0.520. The summed E-state index contributed by atoms with van der Waals surface area (Å²) < 4.78 is 0. The van der Waals surface area contributed by atoms with E-state index in [2.05, 4.69) is 5.32 Å². The monoisotopic (exact) mass is 287 g/mol. The van der Waals surface area contributed by atoms with Crippen molar-refractivity contribution in [1.29, 1.82) is 0 Å². The molecule has 3 N–H and O–H groups in total. The lowest BCUT2D eigenvalue weighted by Gasteiger charge is -2.27. The van der Waals surface area contributed by atoms with E-state index in [0.717, 1.165) is 24.9 Å². The summed E-state index contributed by atoms with van der Waals surface area (Å²) in [7, 11) is 1.74. The second-order valence-corrected chi connectivity index (χ2v) is 6.09. The molecule has 2 amide bonds. The van der Waals surface area contributed by atoms with Crippen molar-refractivity contribution in [2.24, 2.45) is 5.92 Å². The van der Waals surface area contributed by atoms with Gasteiger partial charge in [0.1, 0.15) is 0 Å². The van der Waals surface area contributed by atoms with Crippen molar-refractivity contribution in [3.05, 3.63) is 29.3 Å². The summed E-state index contributed by atoms with van der Waals surface area (Å²) >= 11 is 0. The molecule has 1 aromatic carbocycles. The normalized spacial score (nSPS) is 24.8. The highest BCUT2D eigenvalue weighted by Crippen LogP contribution is 2.31. The van der Waals surface area contributed by atoms with E-state index >= 15 is 0 Å². The van der Waals surface area contributed by atoms with Crippen LogP contribution in [0.25, 0.3) is 0 Å². The molecule has 0 bridgehead atoms. The summed E-state index contributed by atoms with van der Waals surface area (Å²) in [5.41, 5.74) is 8.99. The predicted molar refractivity (Wildman–Crippen MR) is 80.4 cm³/mol. The number of nitrogens with one attached hydrogen (secondary N) is 1. The first-order valence-electron chi connectivity index (χ1n) is 7.47. The van der Waals surface area contributed by atoms with E-state index in [-0.39, 0.29) is 23.8 Å². The van der Waals surface area contributed by atoms with Crippen LogP contribution in [0.15, 0.2) is 18.2 Å². The maximum atomic E-state index is 12.4. The quantitative estimate of drug-likeness (QED) is 0.804. The van der Waals surface area contributed by atoms with Crippen molar-refractivity contribution in [1.82, 2.24) is 10.2 Å². The van der Waals surface area contributed by atoms with Crippen LogP contribution in [0.1, 0.15) is 36.4 Å². The standard InChI is InChI=1S/C16H21N3O2/c1-19-9-11(8-15(19)20)16(21)18-14-4-2-3-10-7-12(17)5-6-13(10)14/h5-7,11,14H,2-4,8-9,17H2,1H3,(H,18,21). The van der Waals surface area contributed by atoms with Crippen molar-refractivity contribution in [3.63, 3.8) is 0 Å². The molecule has 0 spiro atoms. The first-order valence-corrected chi connectivity index (χ1v) is 7.47. The van der Waals surface area contributed by atoms with Gasteiger partial charge in [-0.1, -0.05) is 6.07 Å². The average Bonchev–Trinajstić information content (AvgIpc) is 2.79. The Morgan fingerprint density at radius 1 is 1.43 bits per heavy atom. The molecule has 0 aromatic heterocycles. The smallest absolute Gasteiger partial charge is 0.225 e. The third-order valence-corrected chi connectivity index (χ3v) is 4.51. The van der Waals surface area contributed by atoms with Gasteiger partial charge in [0.05, 0.1) is 12.0 Å². The number of likely N-dealkylation sites (tertiary alicyclic amines) is 1. The number of nitrogens with zero attached hydrogens (tertiary/aromatic N) is 1. The maximum Gasteiger partial charge on any atom is 0.225 e. The molecule has 1 aliphatic heterocycles. The number of hydrogen-bond acceptors (Lipinski definition) is 3. The molecular weight excluding hydrogens is 266 g/mol. The van der Waals surface area contributed by atoms with Gasteiger partial charge >= 0.3 is 0 Å². The number of anilines is 1. The van der Waals surface area contributed by atoms with E-state index in [9.17, 15) is 9.59 Å². The summed E-state index contributed by atoms with van der Waals surface area (Å²) in [4.78, 5) is 25.5. The fourth-order valence-electron chi connectivity index (χ4n) is 3.31. The van der Waals surface area contributed by atoms with Gasteiger partial charge in [0.25, 0.3) is 0 Å². The third kappa shape index (κ3) is 2.73. The van der Waals surface area contributed by atoms with Crippen LogP contribution in [0.2, 0.25) is 0 Å². The predicted octanol–water partition coefficient (Wildman–Crippen LogP) is 1.24. The van der Waals surface area contributed by atoms with Gasteiger partial charge in [0, 0.05) is 25.7 Å². The maximum absolute atomic E-state index is 12.4. The summed E-state index contributed by atoms with van der Waals surface area (Å²) in [6.07, 6.45) is 3.32. The van der Waals surface area contributed by atoms with E-state index in [1.165, 1.54) is 11.1 Å². The highest BCUT2D eigenvalue weighted by atomic mass is 16.2. The highest BCUT2D eigenvalue weighted by Gasteiger charge is 2.33. The average molecular weight is 287 g/mol. The third-order valence-electron chi connectivity index (χ3n) is 4.51. The number of fused-ring (bicyclic) bond motifs is 1. The number of amides is 2. The Balaban J connectivity index is 1.72. The van der Waals surface area contributed by atoms with E-state index in [1.807, 2.05) is 18.2 Å². The number of nitrogen functional groups attached to an aromatic ring is 1. The van der Waals surface area contributed by atoms with Crippen molar-refractivity contribution in [3.8, 4) is 0 Å². The van der Waals surface area contributed by atoms with Crippen molar-refractivity contribution in [2.75, 3.05) is 19.3 Å². The molecule has 0 saturated carbocycles. The number of aryl methyl sites for hydroxylation is 1. The Kier molecular flexibility index (Phi) is 3.57. The molecule has 1 heterocycles. The second kappa shape index (κ2) is 5.39.